The van der Waals surface area contributed by atoms with E-state index in [0.29, 0.717) is 12.2 Å². The molecule has 0 aromatic heterocycles. The summed E-state index contributed by atoms with van der Waals surface area (Å²) in [5.41, 5.74) is 5.02. The SMILES string of the molecule is COP(=O)(O)COC1(C)C=C(C)C(Cc2ccc(O)c(C(C)C)c2)=C(C)C1. The highest BCUT2D eigenvalue weighted by molar-refractivity contribution is 7.52. The lowest BCUT2D eigenvalue weighted by molar-refractivity contribution is 0.0228. The number of hydrogen-bond acceptors (Lipinski definition) is 4. The summed E-state index contributed by atoms with van der Waals surface area (Å²) in [5, 5.41) is 10.0. The minimum absolute atomic E-state index is 0.259. The second-order valence-corrected chi connectivity index (χ2v) is 9.79. The first kappa shape index (κ1) is 21.9. The Bertz CT molecular complexity index is 809. The summed E-state index contributed by atoms with van der Waals surface area (Å²) in [4.78, 5) is 9.60. The topological polar surface area (TPSA) is 76.0 Å². The van der Waals surface area contributed by atoms with Gasteiger partial charge in [-0.1, -0.05) is 31.6 Å². The van der Waals surface area contributed by atoms with Gasteiger partial charge in [-0.2, -0.15) is 0 Å². The zero-order valence-electron chi connectivity index (χ0n) is 17.1. The molecule has 2 N–H and O–H groups in total. The van der Waals surface area contributed by atoms with Crippen LogP contribution in [0.3, 0.4) is 0 Å². The molecular weight excluding hydrogens is 363 g/mol. The summed E-state index contributed by atoms with van der Waals surface area (Å²) in [6, 6.07) is 5.79. The van der Waals surface area contributed by atoms with Crippen LogP contribution in [0.1, 0.15) is 58.1 Å². The van der Waals surface area contributed by atoms with E-state index in [0.717, 1.165) is 23.1 Å². The van der Waals surface area contributed by atoms with Crippen molar-refractivity contribution in [3.63, 3.8) is 0 Å². The molecule has 1 aromatic rings. The van der Waals surface area contributed by atoms with Gasteiger partial charge in [0.25, 0.3) is 0 Å². The Kier molecular flexibility index (Phi) is 6.75. The third kappa shape index (κ3) is 5.55. The molecule has 27 heavy (non-hydrogen) atoms. The number of hydrogen-bond donors (Lipinski definition) is 2. The molecule has 0 radical (unpaired) electrons. The van der Waals surface area contributed by atoms with Crippen molar-refractivity contribution in [2.24, 2.45) is 0 Å². The first-order valence-electron chi connectivity index (χ1n) is 9.18. The van der Waals surface area contributed by atoms with Crippen LogP contribution in [0.2, 0.25) is 0 Å². The summed E-state index contributed by atoms with van der Waals surface area (Å²) < 4.78 is 22.1. The molecule has 0 bridgehead atoms. The number of allylic oxidation sites excluding steroid dienone is 2. The van der Waals surface area contributed by atoms with Crippen LogP contribution in [0, 0.1) is 0 Å². The van der Waals surface area contributed by atoms with Gasteiger partial charge in [-0.25, -0.2) is 0 Å². The zero-order valence-corrected chi connectivity index (χ0v) is 18.0. The van der Waals surface area contributed by atoms with Gasteiger partial charge in [-0.3, -0.25) is 4.57 Å². The lowest BCUT2D eigenvalue weighted by Crippen LogP contribution is -2.30. The van der Waals surface area contributed by atoms with Gasteiger partial charge >= 0.3 is 7.60 Å². The Morgan fingerprint density at radius 3 is 2.52 bits per heavy atom. The minimum atomic E-state index is -3.70. The predicted molar refractivity (Wildman–Crippen MR) is 108 cm³/mol. The van der Waals surface area contributed by atoms with E-state index in [4.69, 9.17) is 4.74 Å². The van der Waals surface area contributed by atoms with Gasteiger partial charge in [-0.15, -0.1) is 0 Å². The molecule has 0 saturated carbocycles. The summed E-state index contributed by atoms with van der Waals surface area (Å²) >= 11 is 0. The maximum Gasteiger partial charge on any atom is 0.353 e. The van der Waals surface area contributed by atoms with Crippen LogP contribution in [0.4, 0.5) is 0 Å². The third-order valence-electron chi connectivity index (χ3n) is 5.07. The van der Waals surface area contributed by atoms with Crippen molar-refractivity contribution in [2.75, 3.05) is 13.5 Å². The molecule has 2 rings (SSSR count). The van der Waals surface area contributed by atoms with Gasteiger partial charge in [0.2, 0.25) is 0 Å². The molecule has 0 fully saturated rings. The van der Waals surface area contributed by atoms with E-state index in [2.05, 4.69) is 31.4 Å². The van der Waals surface area contributed by atoms with Crippen LogP contribution >= 0.6 is 7.60 Å². The van der Waals surface area contributed by atoms with Crippen molar-refractivity contribution in [3.05, 3.63) is 52.1 Å². The van der Waals surface area contributed by atoms with Crippen LogP contribution in [-0.2, 0) is 20.2 Å². The molecule has 0 aliphatic heterocycles. The predicted octanol–water partition coefficient (Wildman–Crippen LogP) is 5.29. The highest BCUT2D eigenvalue weighted by atomic mass is 31.2. The minimum Gasteiger partial charge on any atom is -0.508 e. The van der Waals surface area contributed by atoms with Crippen LogP contribution in [-0.4, -0.2) is 29.1 Å². The highest BCUT2D eigenvalue weighted by Crippen LogP contribution is 2.44. The highest BCUT2D eigenvalue weighted by Gasteiger charge is 2.32. The van der Waals surface area contributed by atoms with Gasteiger partial charge in [0.1, 0.15) is 12.1 Å². The van der Waals surface area contributed by atoms with E-state index in [1.807, 2.05) is 26.0 Å². The smallest absolute Gasteiger partial charge is 0.353 e. The first-order valence-corrected chi connectivity index (χ1v) is 10.9. The fourth-order valence-electron chi connectivity index (χ4n) is 3.61. The average molecular weight is 394 g/mol. The van der Waals surface area contributed by atoms with Gasteiger partial charge in [-0.05, 0) is 67.5 Å². The van der Waals surface area contributed by atoms with E-state index in [1.165, 1.54) is 18.3 Å². The molecule has 2 unspecified atom stereocenters. The summed E-state index contributed by atoms with van der Waals surface area (Å²) in [6.07, 6.45) is 3.12. The Morgan fingerprint density at radius 2 is 1.96 bits per heavy atom. The number of phenols is 1. The van der Waals surface area contributed by atoms with Crippen molar-refractivity contribution in [1.29, 1.82) is 0 Å². The van der Waals surface area contributed by atoms with E-state index >= 15 is 0 Å². The third-order valence-corrected chi connectivity index (χ3v) is 6.09. The average Bonchev–Trinajstić information content (AvgIpc) is 2.58. The Labute approximate surface area is 162 Å². The van der Waals surface area contributed by atoms with Gasteiger partial charge in [0.05, 0.1) is 5.60 Å². The molecule has 0 amide bonds. The van der Waals surface area contributed by atoms with Crippen molar-refractivity contribution < 1.29 is 23.8 Å². The molecule has 0 spiro atoms. The van der Waals surface area contributed by atoms with Gasteiger partial charge in [0, 0.05) is 13.5 Å². The monoisotopic (exact) mass is 394 g/mol. The fraction of sp³-hybridized carbons (Fsp3) is 0.524. The Hall–Kier alpha value is -1.39. The lowest BCUT2D eigenvalue weighted by atomic mass is 9.81. The molecule has 0 heterocycles. The van der Waals surface area contributed by atoms with Gasteiger partial charge < -0.3 is 19.3 Å². The zero-order chi connectivity index (χ0) is 20.4. The molecular formula is C21H31O5P. The molecule has 6 heteroatoms. The van der Waals surface area contributed by atoms with Crippen molar-refractivity contribution in [3.8, 4) is 5.75 Å². The molecule has 1 aliphatic carbocycles. The quantitative estimate of drug-likeness (QED) is 0.615. The molecule has 150 valence electrons. The molecule has 5 nitrogen and oxygen atoms in total. The Morgan fingerprint density at radius 1 is 1.30 bits per heavy atom. The van der Waals surface area contributed by atoms with Crippen LogP contribution in [0.5, 0.6) is 5.75 Å². The van der Waals surface area contributed by atoms with Crippen LogP contribution in [0.15, 0.2) is 41.0 Å². The largest absolute Gasteiger partial charge is 0.508 e. The lowest BCUT2D eigenvalue weighted by Gasteiger charge is -2.33. The molecule has 2 atom stereocenters. The Balaban J connectivity index is 2.20. The van der Waals surface area contributed by atoms with Crippen molar-refractivity contribution in [1.82, 2.24) is 0 Å². The summed E-state index contributed by atoms with van der Waals surface area (Å²) in [7, 11) is -2.49. The molecule has 1 aliphatic rings. The summed E-state index contributed by atoms with van der Waals surface area (Å²) in [6.45, 7) is 10.2. The van der Waals surface area contributed by atoms with E-state index < -0.39 is 13.2 Å². The molecule has 1 aromatic carbocycles. The second kappa shape index (κ2) is 8.32. The first-order chi connectivity index (χ1) is 12.5. The van der Waals surface area contributed by atoms with Crippen molar-refractivity contribution >= 4 is 7.60 Å². The number of ether oxygens (including phenoxy) is 1. The normalized spacial score (nSPS) is 22.7. The van der Waals surface area contributed by atoms with E-state index in [-0.39, 0.29) is 12.3 Å². The maximum atomic E-state index is 11.7. The number of benzene rings is 1. The van der Waals surface area contributed by atoms with E-state index in [1.54, 1.807) is 6.07 Å². The van der Waals surface area contributed by atoms with Crippen molar-refractivity contribution in [2.45, 2.75) is 59.0 Å². The van der Waals surface area contributed by atoms with Crippen LogP contribution < -0.4 is 0 Å². The standard InChI is InChI=1S/C21H31O5P/c1-14(2)18-9-17(7-8-20(18)22)10-19-15(3)11-21(5,12-16(19)4)26-13-27(23,24)25-6/h7-9,11,14,22H,10,12-13H2,1-6H3,(H,23,24). The maximum absolute atomic E-state index is 11.7. The van der Waals surface area contributed by atoms with E-state index in [9.17, 15) is 14.6 Å². The number of aromatic hydroxyl groups is 1. The van der Waals surface area contributed by atoms with Gasteiger partial charge in [0.15, 0.2) is 0 Å². The van der Waals surface area contributed by atoms with Crippen LogP contribution in [0.25, 0.3) is 0 Å². The number of rotatable bonds is 7. The second-order valence-electron chi connectivity index (χ2n) is 7.89. The molecule has 0 saturated heterocycles. The number of phenolic OH excluding ortho intramolecular Hbond substituents is 1. The summed E-state index contributed by atoms with van der Waals surface area (Å²) in [5.74, 6) is 0.595. The fourth-order valence-corrected chi connectivity index (χ4v) is 4.17.